The monoisotopic (exact) mass is 320 g/mol. The van der Waals surface area contributed by atoms with Crippen molar-refractivity contribution in [3.05, 3.63) is 0 Å². The summed E-state index contributed by atoms with van der Waals surface area (Å²) in [5, 5.41) is 3.25. The van der Waals surface area contributed by atoms with E-state index in [1.165, 1.54) is 0 Å². The van der Waals surface area contributed by atoms with E-state index < -0.39 is 15.4 Å². The summed E-state index contributed by atoms with van der Waals surface area (Å²) in [7, 11) is -2.93. The molecule has 0 bridgehead atoms. The van der Waals surface area contributed by atoms with E-state index in [2.05, 4.69) is 5.32 Å². The highest BCUT2D eigenvalue weighted by molar-refractivity contribution is 7.91. The fourth-order valence-electron chi connectivity index (χ4n) is 2.48. The third-order valence-corrected chi connectivity index (χ3v) is 5.39. The van der Waals surface area contributed by atoms with Crippen LogP contribution in [-0.4, -0.2) is 69.1 Å². The Morgan fingerprint density at radius 3 is 2.62 bits per heavy atom. The number of hydrogen-bond donors (Lipinski definition) is 1. The van der Waals surface area contributed by atoms with Gasteiger partial charge in [-0.3, -0.25) is 9.69 Å². The summed E-state index contributed by atoms with van der Waals surface area (Å²) in [6.45, 7) is 8.38. The van der Waals surface area contributed by atoms with Crippen molar-refractivity contribution in [2.24, 2.45) is 0 Å². The molecule has 1 heterocycles. The Morgan fingerprint density at radius 2 is 2.00 bits per heavy atom. The highest BCUT2D eigenvalue weighted by Gasteiger charge is 2.36. The summed E-state index contributed by atoms with van der Waals surface area (Å²) in [6, 6.07) is 0. The predicted octanol–water partition coefficient (Wildman–Crippen LogP) is 0.428. The van der Waals surface area contributed by atoms with E-state index in [-0.39, 0.29) is 17.5 Å². The molecule has 0 amide bonds. The first kappa shape index (κ1) is 18.4. The lowest BCUT2D eigenvalue weighted by atomic mass is 10.0. The first-order valence-electron chi connectivity index (χ1n) is 7.68. The largest absolute Gasteiger partial charge is 0.465 e. The molecule has 1 fully saturated rings. The Morgan fingerprint density at radius 1 is 1.29 bits per heavy atom. The van der Waals surface area contributed by atoms with Crippen LogP contribution in [0.1, 0.15) is 33.6 Å². The average molecular weight is 320 g/mol. The Kier molecular flexibility index (Phi) is 7.09. The van der Waals surface area contributed by atoms with Crippen LogP contribution in [0.4, 0.5) is 0 Å². The lowest BCUT2D eigenvalue weighted by Gasteiger charge is -2.33. The molecule has 1 aliphatic heterocycles. The average Bonchev–Trinajstić information content (AvgIpc) is 2.58. The Balaban J connectivity index is 2.73. The van der Waals surface area contributed by atoms with Crippen molar-refractivity contribution >= 4 is 15.8 Å². The molecular weight excluding hydrogens is 292 g/mol. The number of nitrogens with zero attached hydrogens (tertiary/aromatic N) is 1. The summed E-state index contributed by atoms with van der Waals surface area (Å²) in [4.78, 5) is 14.3. The van der Waals surface area contributed by atoms with Crippen LogP contribution < -0.4 is 5.32 Å². The number of hydrogen-bond acceptors (Lipinski definition) is 6. The van der Waals surface area contributed by atoms with Crippen LogP contribution in [0.3, 0.4) is 0 Å². The van der Waals surface area contributed by atoms with Gasteiger partial charge in [0.15, 0.2) is 9.84 Å². The molecule has 0 aromatic heterocycles. The summed E-state index contributed by atoms with van der Waals surface area (Å²) in [5.41, 5.74) is -0.792. The second-order valence-electron chi connectivity index (χ2n) is 5.76. The molecule has 7 heteroatoms. The SMILES string of the molecule is CCCNC(C)(CN1CCCS(=O)(=O)CC1)C(=O)OCC. The Labute approximate surface area is 128 Å². The summed E-state index contributed by atoms with van der Waals surface area (Å²) < 4.78 is 28.5. The number of ether oxygens (including phenoxy) is 1. The molecule has 1 rings (SSSR count). The van der Waals surface area contributed by atoms with E-state index >= 15 is 0 Å². The van der Waals surface area contributed by atoms with Gasteiger partial charge in [-0.05, 0) is 39.8 Å². The first-order chi connectivity index (χ1) is 9.83. The lowest BCUT2D eigenvalue weighted by molar-refractivity contribution is -0.151. The van der Waals surface area contributed by atoms with Crippen LogP contribution in [0.25, 0.3) is 0 Å². The summed E-state index contributed by atoms with van der Waals surface area (Å²) >= 11 is 0. The van der Waals surface area contributed by atoms with Gasteiger partial charge in [-0.1, -0.05) is 6.92 Å². The maximum absolute atomic E-state index is 12.2. The molecule has 0 aliphatic carbocycles. The maximum Gasteiger partial charge on any atom is 0.327 e. The number of carbonyl (C=O) groups excluding carboxylic acids is 1. The van der Waals surface area contributed by atoms with E-state index in [0.717, 1.165) is 13.0 Å². The molecule has 0 aromatic rings. The van der Waals surface area contributed by atoms with E-state index in [0.29, 0.717) is 32.7 Å². The minimum atomic E-state index is -2.93. The van der Waals surface area contributed by atoms with Gasteiger partial charge in [-0.2, -0.15) is 0 Å². The molecule has 0 spiro atoms. The van der Waals surface area contributed by atoms with Crippen LogP contribution >= 0.6 is 0 Å². The van der Waals surface area contributed by atoms with Crippen LogP contribution in [0.15, 0.2) is 0 Å². The normalized spacial score (nSPS) is 22.2. The van der Waals surface area contributed by atoms with E-state index in [1.807, 2.05) is 18.7 Å². The zero-order valence-electron chi connectivity index (χ0n) is 13.4. The van der Waals surface area contributed by atoms with Gasteiger partial charge in [-0.15, -0.1) is 0 Å². The third-order valence-electron chi connectivity index (χ3n) is 3.68. The molecule has 1 N–H and O–H groups in total. The standard InChI is InChI=1S/C14H28N2O4S/c1-4-7-15-14(3,13(17)20-5-2)12-16-8-6-10-21(18,19)11-9-16/h15H,4-12H2,1-3H3. The van der Waals surface area contributed by atoms with Gasteiger partial charge in [0, 0.05) is 13.1 Å². The second-order valence-corrected chi connectivity index (χ2v) is 8.06. The molecule has 124 valence electrons. The quantitative estimate of drug-likeness (QED) is 0.686. The van der Waals surface area contributed by atoms with Crippen molar-refractivity contribution in [2.45, 2.75) is 39.2 Å². The predicted molar refractivity (Wildman–Crippen MR) is 83.0 cm³/mol. The minimum Gasteiger partial charge on any atom is -0.465 e. The number of esters is 1. The summed E-state index contributed by atoms with van der Waals surface area (Å²) in [6.07, 6.45) is 1.54. The van der Waals surface area contributed by atoms with Gasteiger partial charge in [-0.25, -0.2) is 8.42 Å². The lowest BCUT2D eigenvalue weighted by Crippen LogP contribution is -2.58. The minimum absolute atomic E-state index is 0.166. The molecule has 1 saturated heterocycles. The van der Waals surface area contributed by atoms with E-state index in [4.69, 9.17) is 4.74 Å². The zero-order valence-corrected chi connectivity index (χ0v) is 14.2. The van der Waals surface area contributed by atoms with Crippen molar-refractivity contribution < 1.29 is 17.9 Å². The van der Waals surface area contributed by atoms with Crippen LogP contribution in [-0.2, 0) is 19.4 Å². The van der Waals surface area contributed by atoms with Crippen molar-refractivity contribution in [1.82, 2.24) is 10.2 Å². The molecule has 1 atom stereocenters. The van der Waals surface area contributed by atoms with Gasteiger partial charge < -0.3 is 10.1 Å². The number of rotatable bonds is 7. The summed E-state index contributed by atoms with van der Waals surface area (Å²) in [5.74, 6) is 0.132. The smallest absolute Gasteiger partial charge is 0.327 e. The maximum atomic E-state index is 12.2. The van der Waals surface area contributed by atoms with Crippen LogP contribution in [0, 0.1) is 0 Å². The highest BCUT2D eigenvalue weighted by Crippen LogP contribution is 2.13. The van der Waals surface area contributed by atoms with Crippen LogP contribution in [0.5, 0.6) is 0 Å². The van der Waals surface area contributed by atoms with Gasteiger partial charge in [0.05, 0.1) is 18.1 Å². The number of carbonyl (C=O) groups is 1. The first-order valence-corrected chi connectivity index (χ1v) is 9.50. The molecular formula is C14H28N2O4S. The molecule has 1 aliphatic rings. The molecule has 0 aromatic carbocycles. The molecule has 0 saturated carbocycles. The van der Waals surface area contributed by atoms with Crippen LogP contribution in [0.2, 0.25) is 0 Å². The van der Waals surface area contributed by atoms with Gasteiger partial charge in [0.1, 0.15) is 5.54 Å². The highest BCUT2D eigenvalue weighted by atomic mass is 32.2. The van der Waals surface area contributed by atoms with Gasteiger partial charge in [0.2, 0.25) is 0 Å². The number of nitrogens with one attached hydrogen (secondary N) is 1. The van der Waals surface area contributed by atoms with Crippen molar-refractivity contribution in [3.63, 3.8) is 0 Å². The van der Waals surface area contributed by atoms with Crippen molar-refractivity contribution in [3.8, 4) is 0 Å². The topological polar surface area (TPSA) is 75.7 Å². The third kappa shape index (κ3) is 5.92. The molecule has 6 nitrogen and oxygen atoms in total. The number of sulfone groups is 1. The van der Waals surface area contributed by atoms with Crippen molar-refractivity contribution in [1.29, 1.82) is 0 Å². The Bertz CT molecular complexity index is 438. The van der Waals surface area contributed by atoms with Gasteiger partial charge in [0.25, 0.3) is 0 Å². The zero-order chi connectivity index (χ0) is 15.9. The molecule has 1 unspecified atom stereocenters. The molecule has 0 radical (unpaired) electrons. The Hall–Kier alpha value is -0.660. The molecule has 21 heavy (non-hydrogen) atoms. The fraction of sp³-hybridized carbons (Fsp3) is 0.929. The van der Waals surface area contributed by atoms with E-state index in [9.17, 15) is 13.2 Å². The fourth-order valence-corrected chi connectivity index (χ4v) is 3.79. The van der Waals surface area contributed by atoms with Crippen molar-refractivity contribution in [2.75, 3.05) is 44.3 Å². The van der Waals surface area contributed by atoms with E-state index in [1.54, 1.807) is 6.92 Å². The van der Waals surface area contributed by atoms with Gasteiger partial charge >= 0.3 is 5.97 Å². The second kappa shape index (κ2) is 8.10.